The van der Waals surface area contributed by atoms with Gasteiger partial charge in [-0.3, -0.25) is 0 Å². The molecule has 0 unspecified atom stereocenters. The van der Waals surface area contributed by atoms with Crippen LogP contribution >= 0.6 is 0 Å². The third-order valence-corrected chi connectivity index (χ3v) is 10.6. The zero-order valence-electron chi connectivity index (χ0n) is 10.2. The van der Waals surface area contributed by atoms with E-state index in [1.165, 1.54) is 18.9 Å². The van der Waals surface area contributed by atoms with Crippen molar-refractivity contribution in [2.45, 2.75) is 51.6 Å². The van der Waals surface area contributed by atoms with E-state index >= 15 is 0 Å². The van der Waals surface area contributed by atoms with Gasteiger partial charge in [-0.25, -0.2) is 0 Å². The van der Waals surface area contributed by atoms with Crippen LogP contribution in [0, 0.1) is 5.41 Å². The standard InChI is InChI=1S/C13H24Si/c1-7-14(8-2)11-9-10-12(3,4)13(14,5)6/h7-8H,1-2,9-11H2,3-6H3. The average Bonchev–Trinajstić information content (AvgIpc) is 2.10. The van der Waals surface area contributed by atoms with Crippen LogP contribution in [0.15, 0.2) is 24.6 Å². The third kappa shape index (κ3) is 1.33. The van der Waals surface area contributed by atoms with Crippen molar-refractivity contribution in [2.75, 3.05) is 0 Å². The monoisotopic (exact) mass is 208 g/mol. The second-order valence-corrected chi connectivity index (χ2v) is 10.5. The second-order valence-electron chi connectivity index (χ2n) is 5.81. The molecule has 0 radical (unpaired) electrons. The van der Waals surface area contributed by atoms with Crippen LogP contribution in [0.2, 0.25) is 11.1 Å². The molecule has 0 amide bonds. The predicted octanol–water partition coefficient (Wildman–Crippen LogP) is 4.49. The Morgan fingerprint density at radius 2 is 1.57 bits per heavy atom. The highest BCUT2D eigenvalue weighted by Crippen LogP contribution is 2.60. The van der Waals surface area contributed by atoms with Gasteiger partial charge in [0.15, 0.2) is 0 Å². The van der Waals surface area contributed by atoms with E-state index in [2.05, 4.69) is 52.3 Å². The van der Waals surface area contributed by atoms with E-state index in [9.17, 15) is 0 Å². The molecule has 0 atom stereocenters. The van der Waals surface area contributed by atoms with Crippen LogP contribution in [0.25, 0.3) is 0 Å². The third-order valence-electron chi connectivity index (χ3n) is 4.98. The molecule has 1 heterocycles. The molecule has 0 aromatic rings. The predicted molar refractivity (Wildman–Crippen MR) is 68.0 cm³/mol. The van der Waals surface area contributed by atoms with E-state index in [0.29, 0.717) is 10.5 Å². The first-order valence-electron chi connectivity index (χ1n) is 5.60. The molecule has 0 N–H and O–H groups in total. The summed E-state index contributed by atoms with van der Waals surface area (Å²) in [4.78, 5) is 0. The highest BCUT2D eigenvalue weighted by Gasteiger charge is 2.53. The van der Waals surface area contributed by atoms with Crippen LogP contribution in [0.5, 0.6) is 0 Å². The molecule has 0 aliphatic carbocycles. The van der Waals surface area contributed by atoms with Gasteiger partial charge in [0.2, 0.25) is 0 Å². The lowest BCUT2D eigenvalue weighted by atomic mass is 9.76. The fourth-order valence-electron chi connectivity index (χ4n) is 2.88. The summed E-state index contributed by atoms with van der Waals surface area (Å²) in [7, 11) is -1.47. The summed E-state index contributed by atoms with van der Waals surface area (Å²) in [6.45, 7) is 17.8. The van der Waals surface area contributed by atoms with Gasteiger partial charge in [-0.15, -0.1) is 13.2 Å². The minimum Gasteiger partial charge on any atom is -0.107 e. The topological polar surface area (TPSA) is 0 Å². The van der Waals surface area contributed by atoms with Crippen LogP contribution in [-0.2, 0) is 0 Å². The second kappa shape index (κ2) is 3.37. The Balaban J connectivity index is 3.20. The van der Waals surface area contributed by atoms with Crippen LogP contribution in [0.3, 0.4) is 0 Å². The SMILES string of the molecule is C=C[Si]1(C=C)CCCC(C)(C)C1(C)C. The van der Waals surface area contributed by atoms with Gasteiger partial charge in [-0.05, 0) is 22.9 Å². The minimum atomic E-state index is -1.47. The smallest absolute Gasteiger partial charge is 0.107 e. The Hall–Kier alpha value is -0.303. The quantitative estimate of drug-likeness (QED) is 0.587. The highest BCUT2D eigenvalue weighted by atomic mass is 28.3. The maximum atomic E-state index is 4.08. The molecule has 1 aliphatic rings. The summed E-state index contributed by atoms with van der Waals surface area (Å²) in [6, 6.07) is 1.34. The first kappa shape index (κ1) is 11.8. The Morgan fingerprint density at radius 3 is 1.93 bits per heavy atom. The van der Waals surface area contributed by atoms with Crippen LogP contribution < -0.4 is 0 Å². The van der Waals surface area contributed by atoms with Gasteiger partial charge in [-0.2, -0.15) is 0 Å². The Kier molecular flexibility index (Phi) is 2.83. The summed E-state index contributed by atoms with van der Waals surface area (Å²) < 4.78 is 0. The molecular formula is C13H24Si. The van der Waals surface area contributed by atoms with Crippen molar-refractivity contribution in [3.8, 4) is 0 Å². The molecular weight excluding hydrogens is 184 g/mol. The van der Waals surface area contributed by atoms with E-state index < -0.39 is 8.07 Å². The number of hydrogen-bond acceptors (Lipinski definition) is 0. The van der Waals surface area contributed by atoms with Gasteiger partial charge >= 0.3 is 0 Å². The molecule has 0 aromatic heterocycles. The van der Waals surface area contributed by atoms with E-state index in [4.69, 9.17) is 0 Å². The van der Waals surface area contributed by atoms with Crippen molar-refractivity contribution in [1.29, 1.82) is 0 Å². The van der Waals surface area contributed by atoms with Crippen molar-refractivity contribution in [3.63, 3.8) is 0 Å². The van der Waals surface area contributed by atoms with Crippen LogP contribution in [0.4, 0.5) is 0 Å². The summed E-state index contributed by atoms with van der Waals surface area (Å²) in [5, 5.41) is 0.391. The van der Waals surface area contributed by atoms with Crippen molar-refractivity contribution < 1.29 is 0 Å². The van der Waals surface area contributed by atoms with Crippen molar-refractivity contribution in [1.82, 2.24) is 0 Å². The zero-order valence-corrected chi connectivity index (χ0v) is 11.2. The lowest BCUT2D eigenvalue weighted by Crippen LogP contribution is -2.52. The molecule has 1 fully saturated rings. The van der Waals surface area contributed by atoms with Crippen LogP contribution in [-0.4, -0.2) is 8.07 Å². The van der Waals surface area contributed by atoms with Crippen molar-refractivity contribution in [2.24, 2.45) is 5.41 Å². The molecule has 0 nitrogen and oxygen atoms in total. The molecule has 0 spiro atoms. The number of hydrogen-bond donors (Lipinski definition) is 0. The van der Waals surface area contributed by atoms with Gasteiger partial charge in [0.05, 0.1) is 0 Å². The first-order valence-corrected chi connectivity index (χ1v) is 7.96. The fraction of sp³-hybridized carbons (Fsp3) is 0.692. The van der Waals surface area contributed by atoms with Gasteiger partial charge in [-0.1, -0.05) is 45.5 Å². The molecule has 0 bridgehead atoms. The maximum absolute atomic E-state index is 4.08. The van der Waals surface area contributed by atoms with Crippen molar-refractivity contribution in [3.05, 3.63) is 24.6 Å². The van der Waals surface area contributed by atoms with E-state index in [1.54, 1.807) is 0 Å². The van der Waals surface area contributed by atoms with Crippen LogP contribution in [0.1, 0.15) is 40.5 Å². The normalized spacial score (nSPS) is 28.0. The Labute approximate surface area is 90.1 Å². The largest absolute Gasteiger partial charge is 0.107 e. The summed E-state index contributed by atoms with van der Waals surface area (Å²) in [5.41, 5.74) is 4.93. The average molecular weight is 208 g/mol. The fourth-order valence-corrected chi connectivity index (χ4v) is 7.24. The molecule has 1 aliphatic heterocycles. The Bertz CT molecular complexity index is 240. The van der Waals surface area contributed by atoms with E-state index in [-0.39, 0.29) is 0 Å². The van der Waals surface area contributed by atoms with Gasteiger partial charge < -0.3 is 0 Å². The van der Waals surface area contributed by atoms with Gasteiger partial charge in [0.1, 0.15) is 8.07 Å². The molecule has 0 aromatic carbocycles. The minimum absolute atomic E-state index is 0.391. The molecule has 1 rings (SSSR count). The van der Waals surface area contributed by atoms with Gasteiger partial charge in [0, 0.05) is 0 Å². The Morgan fingerprint density at radius 1 is 1.07 bits per heavy atom. The first-order chi connectivity index (χ1) is 6.33. The maximum Gasteiger partial charge on any atom is 0.107 e. The molecule has 0 saturated carbocycles. The van der Waals surface area contributed by atoms with Crippen molar-refractivity contribution >= 4 is 8.07 Å². The molecule has 80 valence electrons. The molecule has 1 heteroatoms. The summed E-state index contributed by atoms with van der Waals surface area (Å²) >= 11 is 0. The van der Waals surface area contributed by atoms with Gasteiger partial charge in [0.25, 0.3) is 0 Å². The summed E-state index contributed by atoms with van der Waals surface area (Å²) in [5.74, 6) is 0. The molecule has 1 saturated heterocycles. The molecule has 14 heavy (non-hydrogen) atoms. The highest BCUT2D eigenvalue weighted by molar-refractivity contribution is 6.91. The lowest BCUT2D eigenvalue weighted by molar-refractivity contribution is 0.218. The van der Waals surface area contributed by atoms with E-state index in [1.807, 2.05) is 0 Å². The summed E-state index contributed by atoms with van der Waals surface area (Å²) in [6.07, 6.45) is 2.69. The zero-order chi connectivity index (χ0) is 11.0. The lowest BCUT2D eigenvalue weighted by Gasteiger charge is -2.55. The number of rotatable bonds is 2. The van der Waals surface area contributed by atoms with E-state index in [0.717, 1.165) is 0 Å².